The van der Waals surface area contributed by atoms with Crippen LogP contribution in [0.1, 0.15) is 15.9 Å². The highest BCUT2D eigenvalue weighted by molar-refractivity contribution is 6.06. The Bertz CT molecular complexity index is 584. The van der Waals surface area contributed by atoms with E-state index >= 15 is 0 Å². The first kappa shape index (κ1) is 13.0. The molecule has 1 aromatic carbocycles. The van der Waals surface area contributed by atoms with Gasteiger partial charge in [0.15, 0.2) is 0 Å². The molecule has 98 valence electrons. The van der Waals surface area contributed by atoms with Crippen LogP contribution in [0.2, 0.25) is 0 Å². The van der Waals surface area contributed by atoms with Gasteiger partial charge in [-0.25, -0.2) is 4.98 Å². The molecule has 0 saturated heterocycles. The molecule has 0 saturated carbocycles. The summed E-state index contributed by atoms with van der Waals surface area (Å²) in [7, 11) is 1.53. The predicted octanol–water partition coefficient (Wildman–Crippen LogP) is 1.80. The summed E-state index contributed by atoms with van der Waals surface area (Å²) in [5.74, 6) is 0.719. The van der Waals surface area contributed by atoms with Crippen molar-refractivity contribution in [3.63, 3.8) is 0 Å². The minimum absolute atomic E-state index is 0.272. The molecule has 0 radical (unpaired) electrons. The van der Waals surface area contributed by atoms with Gasteiger partial charge < -0.3 is 15.8 Å². The number of hydrogen-bond donors (Lipinski definition) is 2. The normalized spacial score (nSPS) is 10.0. The summed E-state index contributed by atoms with van der Waals surface area (Å²) in [4.78, 5) is 16.3. The number of carbonyl (C=O) groups excluding carboxylic acids is 1. The zero-order valence-electron chi connectivity index (χ0n) is 10.6. The zero-order valence-corrected chi connectivity index (χ0v) is 10.6. The van der Waals surface area contributed by atoms with E-state index in [1.807, 2.05) is 12.1 Å². The van der Waals surface area contributed by atoms with Gasteiger partial charge in [0, 0.05) is 18.3 Å². The number of nitrogens with one attached hydrogen (secondary N) is 1. The van der Waals surface area contributed by atoms with Gasteiger partial charge in [-0.3, -0.25) is 4.79 Å². The Kier molecular flexibility index (Phi) is 4.10. The molecule has 0 atom stereocenters. The fraction of sp³-hybridized carbons (Fsp3) is 0.143. The summed E-state index contributed by atoms with van der Waals surface area (Å²) in [5.41, 5.74) is 6.85. The quantitative estimate of drug-likeness (QED) is 0.875. The number of aromatic nitrogens is 1. The molecule has 0 unspecified atom stereocenters. The average molecular weight is 257 g/mol. The number of nitrogens with two attached hydrogens (primary N) is 1. The van der Waals surface area contributed by atoms with Gasteiger partial charge in [-0.15, -0.1) is 0 Å². The molecule has 0 aliphatic rings. The van der Waals surface area contributed by atoms with Crippen molar-refractivity contribution in [2.45, 2.75) is 6.54 Å². The van der Waals surface area contributed by atoms with Crippen LogP contribution >= 0.6 is 0 Å². The summed E-state index contributed by atoms with van der Waals surface area (Å²) in [6.07, 6.45) is 1.61. The number of pyridine rings is 1. The smallest absolute Gasteiger partial charge is 0.260 e. The number of methoxy groups -OCH3 is 1. The van der Waals surface area contributed by atoms with Gasteiger partial charge in [-0.1, -0.05) is 18.2 Å². The van der Waals surface area contributed by atoms with Crippen molar-refractivity contribution in [1.29, 1.82) is 0 Å². The van der Waals surface area contributed by atoms with Crippen molar-refractivity contribution in [1.82, 2.24) is 4.98 Å². The van der Waals surface area contributed by atoms with Crippen molar-refractivity contribution >= 4 is 11.7 Å². The fourth-order valence-electron chi connectivity index (χ4n) is 1.72. The van der Waals surface area contributed by atoms with Crippen LogP contribution < -0.4 is 15.8 Å². The third-order valence-corrected chi connectivity index (χ3v) is 2.69. The molecule has 3 N–H and O–H groups in total. The van der Waals surface area contributed by atoms with Crippen LogP contribution in [0.3, 0.4) is 0 Å². The molecule has 1 heterocycles. The Hall–Kier alpha value is -2.40. The Balaban J connectivity index is 2.26. The van der Waals surface area contributed by atoms with Gasteiger partial charge in [-0.05, 0) is 18.2 Å². The average Bonchev–Trinajstić information content (AvgIpc) is 2.47. The lowest BCUT2D eigenvalue weighted by molar-refractivity contribution is 0.102. The number of carbonyl (C=O) groups is 1. The largest absolute Gasteiger partial charge is 0.496 e. The van der Waals surface area contributed by atoms with E-state index in [1.165, 1.54) is 7.11 Å². The molecule has 1 amide bonds. The minimum atomic E-state index is -0.272. The first-order valence-corrected chi connectivity index (χ1v) is 5.84. The van der Waals surface area contributed by atoms with Crippen LogP contribution in [-0.4, -0.2) is 18.0 Å². The maximum atomic E-state index is 12.2. The monoisotopic (exact) mass is 257 g/mol. The molecule has 2 rings (SSSR count). The number of anilines is 1. The van der Waals surface area contributed by atoms with Crippen LogP contribution in [0.5, 0.6) is 5.75 Å². The topological polar surface area (TPSA) is 77.2 Å². The van der Waals surface area contributed by atoms with E-state index in [1.54, 1.807) is 30.5 Å². The van der Waals surface area contributed by atoms with E-state index in [4.69, 9.17) is 10.5 Å². The van der Waals surface area contributed by atoms with E-state index in [0.29, 0.717) is 23.7 Å². The van der Waals surface area contributed by atoms with Crippen molar-refractivity contribution < 1.29 is 9.53 Å². The Morgan fingerprint density at radius 2 is 2.11 bits per heavy atom. The number of ether oxygens (including phenoxy) is 1. The molecule has 0 aliphatic carbocycles. The predicted molar refractivity (Wildman–Crippen MR) is 73.1 cm³/mol. The lowest BCUT2D eigenvalue weighted by atomic mass is 10.2. The van der Waals surface area contributed by atoms with Crippen LogP contribution in [0, 0.1) is 0 Å². The second-order valence-electron chi connectivity index (χ2n) is 3.87. The van der Waals surface area contributed by atoms with E-state index in [2.05, 4.69) is 10.3 Å². The molecule has 1 aromatic heterocycles. The second kappa shape index (κ2) is 5.97. The highest BCUT2D eigenvalue weighted by Gasteiger charge is 2.13. The van der Waals surface area contributed by atoms with Crippen LogP contribution in [0.15, 0.2) is 42.6 Å². The first-order chi connectivity index (χ1) is 9.26. The van der Waals surface area contributed by atoms with E-state index in [0.717, 1.165) is 5.56 Å². The Morgan fingerprint density at radius 1 is 1.32 bits per heavy atom. The third-order valence-electron chi connectivity index (χ3n) is 2.69. The van der Waals surface area contributed by atoms with Crippen LogP contribution in [0.25, 0.3) is 0 Å². The molecular formula is C14H15N3O2. The first-order valence-electron chi connectivity index (χ1n) is 5.84. The summed E-state index contributed by atoms with van der Waals surface area (Å²) in [6.45, 7) is 0.315. The lowest BCUT2D eigenvalue weighted by Crippen LogP contribution is -2.16. The Labute approximate surface area is 111 Å². The summed E-state index contributed by atoms with van der Waals surface area (Å²) in [6, 6.07) is 10.6. The summed E-state index contributed by atoms with van der Waals surface area (Å²) < 4.78 is 5.15. The maximum Gasteiger partial charge on any atom is 0.260 e. The van der Waals surface area contributed by atoms with Crippen molar-refractivity contribution in [3.8, 4) is 5.75 Å². The van der Waals surface area contributed by atoms with Crippen molar-refractivity contribution in [2.75, 3.05) is 12.4 Å². The second-order valence-corrected chi connectivity index (χ2v) is 3.87. The molecule has 5 heteroatoms. The molecule has 19 heavy (non-hydrogen) atoms. The number of rotatable bonds is 4. The molecule has 0 aliphatic heterocycles. The van der Waals surface area contributed by atoms with E-state index < -0.39 is 0 Å². The van der Waals surface area contributed by atoms with Crippen LogP contribution in [-0.2, 0) is 6.54 Å². The highest BCUT2D eigenvalue weighted by Crippen LogP contribution is 2.19. The maximum absolute atomic E-state index is 12.2. The lowest BCUT2D eigenvalue weighted by Gasteiger charge is -2.10. The van der Waals surface area contributed by atoms with Gasteiger partial charge in [0.25, 0.3) is 5.91 Å². The van der Waals surface area contributed by atoms with Gasteiger partial charge in [-0.2, -0.15) is 0 Å². The number of para-hydroxylation sites is 1. The van der Waals surface area contributed by atoms with E-state index in [-0.39, 0.29) is 5.91 Å². The summed E-state index contributed by atoms with van der Waals surface area (Å²) in [5, 5.41) is 2.74. The Morgan fingerprint density at radius 3 is 2.84 bits per heavy atom. The van der Waals surface area contributed by atoms with Gasteiger partial charge in [0.2, 0.25) is 0 Å². The van der Waals surface area contributed by atoms with Crippen LogP contribution in [0.4, 0.5) is 5.82 Å². The summed E-state index contributed by atoms with van der Waals surface area (Å²) >= 11 is 0. The number of hydrogen-bond acceptors (Lipinski definition) is 4. The van der Waals surface area contributed by atoms with Crippen molar-refractivity contribution in [2.24, 2.45) is 5.73 Å². The van der Waals surface area contributed by atoms with Crippen molar-refractivity contribution in [3.05, 3.63) is 53.7 Å². The highest BCUT2D eigenvalue weighted by atomic mass is 16.5. The zero-order chi connectivity index (χ0) is 13.7. The number of amides is 1. The van der Waals surface area contributed by atoms with Gasteiger partial charge in [0.05, 0.1) is 12.7 Å². The molecule has 0 bridgehead atoms. The van der Waals surface area contributed by atoms with E-state index in [9.17, 15) is 4.79 Å². The minimum Gasteiger partial charge on any atom is -0.496 e. The molecule has 0 spiro atoms. The third kappa shape index (κ3) is 2.89. The standard InChI is InChI=1S/C14H15N3O2/c1-19-12-7-3-2-6-11(12)14(18)17-13-10(9-15)5-4-8-16-13/h2-8H,9,15H2,1H3,(H,16,17,18). The molecular weight excluding hydrogens is 242 g/mol. The molecule has 0 fully saturated rings. The molecule has 2 aromatic rings. The fourth-order valence-corrected chi connectivity index (χ4v) is 1.72. The molecule has 5 nitrogen and oxygen atoms in total. The van der Waals surface area contributed by atoms with Gasteiger partial charge >= 0.3 is 0 Å². The SMILES string of the molecule is COc1ccccc1C(=O)Nc1ncccc1CN. The number of benzene rings is 1. The van der Waals surface area contributed by atoms with Gasteiger partial charge in [0.1, 0.15) is 11.6 Å². The number of nitrogens with zero attached hydrogens (tertiary/aromatic N) is 1.